The summed E-state index contributed by atoms with van der Waals surface area (Å²) in [5.41, 5.74) is 1.32. The third-order valence-corrected chi connectivity index (χ3v) is 4.40. The minimum Gasteiger partial charge on any atom is -0.369 e. The van der Waals surface area contributed by atoms with Crippen LogP contribution in [0.15, 0.2) is 30.3 Å². The van der Waals surface area contributed by atoms with E-state index in [1.807, 2.05) is 0 Å². The van der Waals surface area contributed by atoms with Gasteiger partial charge in [0.25, 0.3) is 0 Å². The SMILES string of the molecule is O=C1CCCC1CN1CCN(c2ccccc2)CC1. The maximum absolute atomic E-state index is 11.7. The molecule has 0 radical (unpaired) electrons. The Morgan fingerprint density at radius 3 is 2.42 bits per heavy atom. The van der Waals surface area contributed by atoms with E-state index in [9.17, 15) is 4.79 Å². The van der Waals surface area contributed by atoms with E-state index in [0.717, 1.165) is 52.0 Å². The standard InChI is InChI=1S/C16H22N2O/c19-16-8-4-5-14(16)13-17-9-11-18(12-10-17)15-6-2-1-3-7-15/h1-3,6-7,14H,4-5,8-13H2. The average Bonchev–Trinajstić information content (AvgIpc) is 2.86. The molecule has 102 valence electrons. The molecule has 0 amide bonds. The molecule has 2 fully saturated rings. The van der Waals surface area contributed by atoms with Crippen LogP contribution in [0, 0.1) is 5.92 Å². The number of hydrogen-bond acceptors (Lipinski definition) is 3. The molecule has 3 rings (SSSR count). The van der Waals surface area contributed by atoms with E-state index in [1.54, 1.807) is 0 Å². The number of carbonyl (C=O) groups excluding carboxylic acids is 1. The lowest BCUT2D eigenvalue weighted by atomic mass is 10.1. The van der Waals surface area contributed by atoms with E-state index in [0.29, 0.717) is 11.7 Å². The number of ketones is 1. The zero-order valence-corrected chi connectivity index (χ0v) is 11.4. The van der Waals surface area contributed by atoms with Crippen molar-refractivity contribution in [1.82, 2.24) is 4.90 Å². The van der Waals surface area contributed by atoms with Gasteiger partial charge >= 0.3 is 0 Å². The van der Waals surface area contributed by atoms with Gasteiger partial charge in [-0.25, -0.2) is 0 Å². The first-order valence-electron chi connectivity index (χ1n) is 7.38. The van der Waals surface area contributed by atoms with Crippen LogP contribution in [0.1, 0.15) is 19.3 Å². The average molecular weight is 258 g/mol. The second-order valence-corrected chi connectivity index (χ2v) is 5.68. The molecule has 19 heavy (non-hydrogen) atoms. The van der Waals surface area contributed by atoms with Crippen molar-refractivity contribution in [1.29, 1.82) is 0 Å². The highest BCUT2D eigenvalue weighted by molar-refractivity contribution is 5.83. The van der Waals surface area contributed by atoms with Gasteiger partial charge in [0.1, 0.15) is 5.78 Å². The van der Waals surface area contributed by atoms with E-state index < -0.39 is 0 Å². The Morgan fingerprint density at radius 1 is 1.05 bits per heavy atom. The summed E-state index contributed by atoms with van der Waals surface area (Å²) in [5, 5.41) is 0. The number of carbonyl (C=O) groups is 1. The molecule has 1 heterocycles. The van der Waals surface area contributed by atoms with Crippen molar-refractivity contribution >= 4 is 11.5 Å². The highest BCUT2D eigenvalue weighted by Crippen LogP contribution is 2.23. The maximum atomic E-state index is 11.7. The fourth-order valence-corrected chi connectivity index (χ4v) is 3.22. The lowest BCUT2D eigenvalue weighted by molar-refractivity contribution is -0.121. The fourth-order valence-electron chi connectivity index (χ4n) is 3.22. The molecule has 0 spiro atoms. The number of benzene rings is 1. The molecule has 3 heteroatoms. The molecule has 1 aliphatic carbocycles. The third kappa shape index (κ3) is 2.98. The number of hydrogen-bond donors (Lipinski definition) is 0. The molecule has 1 saturated heterocycles. The van der Waals surface area contributed by atoms with Gasteiger partial charge in [0, 0.05) is 50.7 Å². The topological polar surface area (TPSA) is 23.6 Å². The van der Waals surface area contributed by atoms with Gasteiger partial charge in [-0.3, -0.25) is 9.69 Å². The smallest absolute Gasteiger partial charge is 0.137 e. The summed E-state index contributed by atoms with van der Waals surface area (Å²) in [7, 11) is 0. The van der Waals surface area contributed by atoms with Gasteiger partial charge in [-0.15, -0.1) is 0 Å². The normalized spacial score (nSPS) is 24.9. The second-order valence-electron chi connectivity index (χ2n) is 5.68. The van der Waals surface area contributed by atoms with Gasteiger partial charge < -0.3 is 4.90 Å². The zero-order chi connectivity index (χ0) is 13.1. The first kappa shape index (κ1) is 12.7. The predicted octanol–water partition coefficient (Wildman–Crippen LogP) is 2.18. The van der Waals surface area contributed by atoms with E-state index >= 15 is 0 Å². The van der Waals surface area contributed by atoms with Gasteiger partial charge in [-0.2, -0.15) is 0 Å². The van der Waals surface area contributed by atoms with E-state index in [4.69, 9.17) is 0 Å². The van der Waals surface area contributed by atoms with Gasteiger partial charge in [0.05, 0.1) is 0 Å². The Labute approximate surface area is 115 Å². The first-order valence-corrected chi connectivity index (χ1v) is 7.38. The highest BCUT2D eigenvalue weighted by atomic mass is 16.1. The molecule has 1 aliphatic heterocycles. The van der Waals surface area contributed by atoms with Crippen LogP contribution in [0.4, 0.5) is 5.69 Å². The van der Waals surface area contributed by atoms with Crippen molar-refractivity contribution in [2.24, 2.45) is 5.92 Å². The molecule has 2 aliphatic rings. The zero-order valence-electron chi connectivity index (χ0n) is 11.4. The number of anilines is 1. The summed E-state index contributed by atoms with van der Waals surface area (Å²) in [6.45, 7) is 5.30. The van der Waals surface area contributed by atoms with Gasteiger partial charge in [-0.05, 0) is 25.0 Å². The third-order valence-electron chi connectivity index (χ3n) is 4.40. The summed E-state index contributed by atoms with van der Waals surface area (Å²) < 4.78 is 0. The molecule has 1 saturated carbocycles. The van der Waals surface area contributed by atoms with Gasteiger partial charge in [-0.1, -0.05) is 18.2 Å². The second kappa shape index (κ2) is 5.74. The van der Waals surface area contributed by atoms with E-state index in [-0.39, 0.29) is 0 Å². The molecule has 1 atom stereocenters. The van der Waals surface area contributed by atoms with Crippen LogP contribution < -0.4 is 4.90 Å². The van der Waals surface area contributed by atoms with Crippen molar-refractivity contribution < 1.29 is 4.79 Å². The molecule has 0 aromatic heterocycles. The predicted molar refractivity (Wildman–Crippen MR) is 77.4 cm³/mol. The molecule has 3 nitrogen and oxygen atoms in total. The van der Waals surface area contributed by atoms with Crippen molar-refractivity contribution in [3.05, 3.63) is 30.3 Å². The summed E-state index contributed by atoms with van der Waals surface area (Å²) in [6.07, 6.45) is 3.03. The molecule has 0 N–H and O–H groups in total. The van der Waals surface area contributed by atoms with Crippen LogP contribution in [0.25, 0.3) is 0 Å². The number of piperazine rings is 1. The molecule has 1 unspecified atom stereocenters. The van der Waals surface area contributed by atoms with E-state index in [2.05, 4.69) is 40.1 Å². The summed E-state index contributed by atoms with van der Waals surface area (Å²) in [5.74, 6) is 0.814. The lowest BCUT2D eigenvalue weighted by Crippen LogP contribution is -2.48. The lowest BCUT2D eigenvalue weighted by Gasteiger charge is -2.37. The summed E-state index contributed by atoms with van der Waals surface area (Å²) in [6, 6.07) is 10.6. The van der Waals surface area contributed by atoms with Gasteiger partial charge in [0.2, 0.25) is 0 Å². The van der Waals surface area contributed by atoms with Crippen molar-refractivity contribution in [2.75, 3.05) is 37.6 Å². The fraction of sp³-hybridized carbons (Fsp3) is 0.562. The number of rotatable bonds is 3. The van der Waals surface area contributed by atoms with Crippen molar-refractivity contribution in [2.45, 2.75) is 19.3 Å². The van der Waals surface area contributed by atoms with Crippen LogP contribution in [0.2, 0.25) is 0 Å². The van der Waals surface area contributed by atoms with Crippen LogP contribution >= 0.6 is 0 Å². The largest absolute Gasteiger partial charge is 0.369 e. The summed E-state index contributed by atoms with van der Waals surface area (Å²) in [4.78, 5) is 16.6. The van der Waals surface area contributed by atoms with Crippen molar-refractivity contribution in [3.63, 3.8) is 0 Å². The van der Waals surface area contributed by atoms with Crippen LogP contribution in [-0.4, -0.2) is 43.4 Å². The molecule has 1 aromatic rings. The Bertz CT molecular complexity index is 424. The minimum absolute atomic E-state index is 0.322. The first-order chi connectivity index (χ1) is 9.33. The number of para-hydroxylation sites is 1. The molecular weight excluding hydrogens is 236 g/mol. The minimum atomic E-state index is 0.322. The summed E-state index contributed by atoms with van der Waals surface area (Å²) >= 11 is 0. The van der Waals surface area contributed by atoms with Crippen LogP contribution in [-0.2, 0) is 4.79 Å². The maximum Gasteiger partial charge on any atom is 0.137 e. The quantitative estimate of drug-likeness (QED) is 0.830. The Balaban J connectivity index is 1.51. The number of Topliss-reactive ketones (excluding diaryl/α,β-unsaturated/α-hetero) is 1. The molecule has 1 aromatic carbocycles. The highest BCUT2D eigenvalue weighted by Gasteiger charge is 2.27. The van der Waals surface area contributed by atoms with E-state index in [1.165, 1.54) is 5.69 Å². The molecule has 0 bridgehead atoms. The Hall–Kier alpha value is -1.35. The molecular formula is C16H22N2O. The van der Waals surface area contributed by atoms with Gasteiger partial charge in [0.15, 0.2) is 0 Å². The van der Waals surface area contributed by atoms with Crippen molar-refractivity contribution in [3.8, 4) is 0 Å². The van der Waals surface area contributed by atoms with Crippen LogP contribution in [0.5, 0.6) is 0 Å². The Morgan fingerprint density at radius 2 is 1.79 bits per heavy atom. The Kier molecular flexibility index (Phi) is 3.83. The number of nitrogens with zero attached hydrogens (tertiary/aromatic N) is 2. The monoisotopic (exact) mass is 258 g/mol. The van der Waals surface area contributed by atoms with Crippen LogP contribution in [0.3, 0.4) is 0 Å².